The minimum absolute atomic E-state index is 0.318. The molecule has 2 aromatic carbocycles. The maximum Gasteiger partial charge on any atom is 0.248 e. The van der Waals surface area contributed by atoms with Crippen LogP contribution in [0.3, 0.4) is 0 Å². The van der Waals surface area contributed by atoms with Gasteiger partial charge in [0.2, 0.25) is 5.91 Å². The van der Waals surface area contributed by atoms with Gasteiger partial charge in [0.15, 0.2) is 0 Å². The molecule has 3 aromatic rings. The summed E-state index contributed by atoms with van der Waals surface area (Å²) in [6.45, 7) is 0. The number of anilines is 1. The third-order valence-electron chi connectivity index (χ3n) is 3.03. The molecule has 0 radical (unpaired) electrons. The van der Waals surface area contributed by atoms with Gasteiger partial charge in [-0.1, -0.05) is 18.2 Å². The predicted molar refractivity (Wildman–Crippen MR) is 80.2 cm³/mol. The number of nitrogens with one attached hydrogen (secondary N) is 2. The summed E-state index contributed by atoms with van der Waals surface area (Å²) in [5.41, 5.74) is 1.93. The van der Waals surface area contributed by atoms with Crippen molar-refractivity contribution in [2.24, 2.45) is 0 Å². The zero-order chi connectivity index (χ0) is 14.7. The molecule has 0 saturated heterocycles. The average molecular weight is 281 g/mol. The van der Waals surface area contributed by atoms with E-state index in [2.05, 4.69) is 15.5 Å². The van der Waals surface area contributed by atoms with Crippen LogP contribution in [0.5, 0.6) is 0 Å². The van der Waals surface area contributed by atoms with E-state index < -0.39 is 0 Å². The summed E-state index contributed by atoms with van der Waals surface area (Å²) in [6.07, 6.45) is 4.43. The smallest absolute Gasteiger partial charge is 0.248 e. The Balaban J connectivity index is 1.72. The summed E-state index contributed by atoms with van der Waals surface area (Å²) in [5.74, 6) is -0.678. The third kappa shape index (κ3) is 2.97. The number of rotatable bonds is 3. The highest BCUT2D eigenvalue weighted by Crippen LogP contribution is 2.16. The number of carbonyl (C=O) groups is 1. The van der Waals surface area contributed by atoms with Crippen LogP contribution in [0, 0.1) is 5.82 Å². The molecule has 0 unspecified atom stereocenters. The highest BCUT2D eigenvalue weighted by atomic mass is 19.1. The molecule has 0 aliphatic carbocycles. The summed E-state index contributed by atoms with van der Waals surface area (Å²) in [7, 11) is 0. The van der Waals surface area contributed by atoms with Crippen molar-refractivity contribution in [1.29, 1.82) is 0 Å². The lowest BCUT2D eigenvalue weighted by molar-refractivity contribution is -0.111. The number of hydrogen-bond donors (Lipinski definition) is 2. The molecule has 2 N–H and O–H groups in total. The zero-order valence-corrected chi connectivity index (χ0v) is 11.0. The third-order valence-corrected chi connectivity index (χ3v) is 3.03. The summed E-state index contributed by atoms with van der Waals surface area (Å²) in [5, 5.41) is 10.4. The summed E-state index contributed by atoms with van der Waals surface area (Å²) in [6, 6.07) is 11.7. The van der Waals surface area contributed by atoms with Gasteiger partial charge in [-0.2, -0.15) is 5.10 Å². The Labute approximate surface area is 120 Å². The molecular formula is C16H12FN3O. The Morgan fingerprint density at radius 1 is 1.24 bits per heavy atom. The van der Waals surface area contributed by atoms with Crippen molar-refractivity contribution < 1.29 is 9.18 Å². The number of carbonyl (C=O) groups excluding carboxylic acids is 1. The molecule has 5 heteroatoms. The lowest BCUT2D eigenvalue weighted by Crippen LogP contribution is -2.07. The largest absolute Gasteiger partial charge is 0.322 e. The Bertz CT molecular complexity index is 823. The van der Waals surface area contributed by atoms with Crippen LogP contribution in [-0.2, 0) is 4.79 Å². The number of H-pyrrole nitrogens is 1. The van der Waals surface area contributed by atoms with E-state index in [1.54, 1.807) is 30.5 Å². The van der Waals surface area contributed by atoms with Crippen molar-refractivity contribution in [2.75, 3.05) is 5.32 Å². The average Bonchev–Trinajstić information content (AvgIpc) is 2.94. The Morgan fingerprint density at radius 3 is 2.95 bits per heavy atom. The summed E-state index contributed by atoms with van der Waals surface area (Å²) < 4.78 is 13.4. The van der Waals surface area contributed by atoms with Gasteiger partial charge < -0.3 is 5.32 Å². The van der Waals surface area contributed by atoms with E-state index in [1.165, 1.54) is 18.2 Å². The quantitative estimate of drug-likeness (QED) is 0.723. The molecule has 1 aromatic heterocycles. The zero-order valence-electron chi connectivity index (χ0n) is 11.0. The first-order valence-electron chi connectivity index (χ1n) is 6.39. The topological polar surface area (TPSA) is 57.8 Å². The van der Waals surface area contributed by atoms with E-state index in [-0.39, 0.29) is 11.7 Å². The molecule has 0 spiro atoms. The van der Waals surface area contributed by atoms with Crippen LogP contribution in [0.1, 0.15) is 5.56 Å². The molecule has 21 heavy (non-hydrogen) atoms. The number of nitrogens with zero attached hydrogens (tertiary/aromatic N) is 1. The van der Waals surface area contributed by atoms with E-state index in [0.717, 1.165) is 10.9 Å². The van der Waals surface area contributed by atoms with Crippen LogP contribution in [0.15, 0.2) is 54.7 Å². The van der Waals surface area contributed by atoms with Gasteiger partial charge in [0.05, 0.1) is 11.7 Å². The van der Waals surface area contributed by atoms with Crippen LogP contribution in [0.25, 0.3) is 17.0 Å². The monoisotopic (exact) mass is 281 g/mol. The molecule has 0 saturated carbocycles. The van der Waals surface area contributed by atoms with Crippen molar-refractivity contribution in [2.45, 2.75) is 0 Å². The van der Waals surface area contributed by atoms with Gasteiger partial charge in [-0.25, -0.2) is 4.39 Å². The van der Waals surface area contributed by atoms with E-state index >= 15 is 0 Å². The molecule has 4 nitrogen and oxygen atoms in total. The number of halogens is 1. The van der Waals surface area contributed by atoms with Crippen molar-refractivity contribution in [3.63, 3.8) is 0 Å². The first kappa shape index (κ1) is 13.1. The Hall–Kier alpha value is -2.95. The molecule has 3 rings (SSSR count). The lowest BCUT2D eigenvalue weighted by Gasteiger charge is -2.02. The Morgan fingerprint density at radius 2 is 2.10 bits per heavy atom. The Kier molecular flexibility index (Phi) is 3.47. The van der Waals surface area contributed by atoms with Gasteiger partial charge >= 0.3 is 0 Å². The minimum atomic E-state index is -0.360. The highest BCUT2D eigenvalue weighted by molar-refractivity contribution is 6.02. The van der Waals surface area contributed by atoms with Crippen LogP contribution in [-0.4, -0.2) is 16.1 Å². The number of aromatic nitrogens is 2. The van der Waals surface area contributed by atoms with Gasteiger partial charge in [0.1, 0.15) is 5.82 Å². The molecule has 0 aliphatic rings. The van der Waals surface area contributed by atoms with Gasteiger partial charge in [-0.3, -0.25) is 9.89 Å². The SMILES string of the molecule is O=C(C=Cc1ccccc1F)Nc1ccc2[nH]ncc2c1. The fourth-order valence-electron chi connectivity index (χ4n) is 1.98. The molecular weight excluding hydrogens is 269 g/mol. The molecule has 0 fully saturated rings. The number of aromatic amines is 1. The summed E-state index contributed by atoms with van der Waals surface area (Å²) >= 11 is 0. The highest BCUT2D eigenvalue weighted by Gasteiger charge is 2.02. The molecule has 1 heterocycles. The standard InChI is InChI=1S/C16H12FN3O/c17-14-4-2-1-3-11(14)5-8-16(21)19-13-6-7-15-12(9-13)10-18-20-15/h1-10H,(H,18,20)(H,19,21). The molecule has 104 valence electrons. The fourth-order valence-corrected chi connectivity index (χ4v) is 1.98. The van der Waals surface area contributed by atoms with Gasteiger partial charge in [-0.15, -0.1) is 0 Å². The first-order valence-corrected chi connectivity index (χ1v) is 6.39. The van der Waals surface area contributed by atoms with E-state index in [9.17, 15) is 9.18 Å². The fraction of sp³-hybridized carbons (Fsp3) is 0. The second-order valence-corrected chi connectivity index (χ2v) is 4.52. The molecule has 0 aliphatic heterocycles. The van der Waals surface area contributed by atoms with Gasteiger partial charge in [0, 0.05) is 22.7 Å². The van der Waals surface area contributed by atoms with Crippen LogP contribution in [0.4, 0.5) is 10.1 Å². The summed E-state index contributed by atoms with van der Waals surface area (Å²) in [4.78, 5) is 11.8. The number of amides is 1. The number of hydrogen-bond acceptors (Lipinski definition) is 2. The second-order valence-electron chi connectivity index (χ2n) is 4.52. The van der Waals surface area contributed by atoms with Crippen molar-refractivity contribution in [3.05, 3.63) is 66.1 Å². The van der Waals surface area contributed by atoms with Crippen LogP contribution >= 0.6 is 0 Å². The maximum absolute atomic E-state index is 13.4. The van der Waals surface area contributed by atoms with Gasteiger partial charge in [0.25, 0.3) is 0 Å². The minimum Gasteiger partial charge on any atom is -0.322 e. The second kappa shape index (κ2) is 5.58. The number of fused-ring (bicyclic) bond motifs is 1. The maximum atomic E-state index is 13.4. The van der Waals surface area contributed by atoms with Crippen molar-refractivity contribution in [3.8, 4) is 0 Å². The number of benzene rings is 2. The molecule has 0 bridgehead atoms. The normalized spacial score (nSPS) is 11.1. The van der Waals surface area contributed by atoms with E-state index in [1.807, 2.05) is 12.1 Å². The van der Waals surface area contributed by atoms with Crippen molar-refractivity contribution >= 4 is 28.6 Å². The molecule has 0 atom stereocenters. The van der Waals surface area contributed by atoms with E-state index in [4.69, 9.17) is 0 Å². The predicted octanol–water partition coefficient (Wildman–Crippen LogP) is 3.35. The van der Waals surface area contributed by atoms with Crippen LogP contribution in [0.2, 0.25) is 0 Å². The lowest BCUT2D eigenvalue weighted by atomic mass is 10.2. The molecule has 1 amide bonds. The van der Waals surface area contributed by atoms with Crippen molar-refractivity contribution in [1.82, 2.24) is 10.2 Å². The van der Waals surface area contributed by atoms with Gasteiger partial charge in [-0.05, 0) is 30.3 Å². The van der Waals surface area contributed by atoms with Crippen LogP contribution < -0.4 is 5.32 Å². The first-order chi connectivity index (χ1) is 10.2. The van der Waals surface area contributed by atoms with E-state index in [0.29, 0.717) is 11.3 Å².